The summed E-state index contributed by atoms with van der Waals surface area (Å²) in [6.07, 6.45) is -10.5. The van der Waals surface area contributed by atoms with Crippen molar-refractivity contribution in [3.8, 4) is 23.0 Å². The second-order valence-electron chi connectivity index (χ2n) is 10.3. The van der Waals surface area contributed by atoms with Gasteiger partial charge in [0, 0.05) is 11.0 Å². The quantitative estimate of drug-likeness (QED) is 0.172. The van der Waals surface area contributed by atoms with Crippen LogP contribution in [0.3, 0.4) is 0 Å². The molecule has 9 heteroatoms. The van der Waals surface area contributed by atoms with Crippen molar-refractivity contribution in [2.45, 2.75) is 70.3 Å². The Morgan fingerprint density at radius 1 is 0.810 bits per heavy atom. The van der Waals surface area contributed by atoms with E-state index in [-0.39, 0.29) is 18.0 Å². The van der Waals surface area contributed by atoms with Crippen LogP contribution >= 0.6 is 0 Å². The summed E-state index contributed by atoms with van der Waals surface area (Å²) in [5.74, 6) is 2.62. The zero-order valence-corrected chi connectivity index (χ0v) is 23.9. The molecule has 3 aromatic rings. The third-order valence-electron chi connectivity index (χ3n) is 7.80. The molecule has 0 heterocycles. The summed E-state index contributed by atoms with van der Waals surface area (Å²) in [6.45, 7) is 7.58. The minimum Gasteiger partial charge on any atom is -0.469 e. The van der Waals surface area contributed by atoms with Crippen molar-refractivity contribution in [2.75, 3.05) is 7.11 Å². The Bertz CT molecular complexity index is 1470. The van der Waals surface area contributed by atoms with Gasteiger partial charge >= 0.3 is 23.9 Å². The van der Waals surface area contributed by atoms with Gasteiger partial charge < -0.3 is 9.84 Å². The van der Waals surface area contributed by atoms with Crippen LogP contribution < -0.4 is 0 Å². The summed E-state index contributed by atoms with van der Waals surface area (Å²) >= 11 is 0. The van der Waals surface area contributed by atoms with E-state index in [0.29, 0.717) is 18.4 Å². The molecule has 0 saturated heterocycles. The van der Waals surface area contributed by atoms with Crippen LogP contribution in [0.25, 0.3) is 11.1 Å². The van der Waals surface area contributed by atoms with Crippen molar-refractivity contribution < 1.29 is 41.0 Å². The van der Waals surface area contributed by atoms with Crippen LogP contribution in [-0.4, -0.2) is 36.1 Å². The second kappa shape index (κ2) is 12.2. The largest absolute Gasteiger partial charge is 0.469 e. The Morgan fingerprint density at radius 2 is 1.33 bits per heavy atom. The van der Waals surface area contributed by atoms with E-state index in [1.807, 2.05) is 63.1 Å². The van der Waals surface area contributed by atoms with Gasteiger partial charge in [0.1, 0.15) is 0 Å². The fourth-order valence-electron chi connectivity index (χ4n) is 5.12. The van der Waals surface area contributed by atoms with E-state index in [1.165, 1.54) is 13.2 Å². The number of benzene rings is 3. The molecular formula is C33H32F6O3. The number of ether oxygens (including phenoxy) is 1. The molecule has 42 heavy (non-hydrogen) atoms. The molecule has 3 rings (SSSR count). The van der Waals surface area contributed by atoms with Gasteiger partial charge in [0.25, 0.3) is 0 Å². The van der Waals surface area contributed by atoms with Gasteiger partial charge in [-0.3, -0.25) is 4.79 Å². The summed E-state index contributed by atoms with van der Waals surface area (Å²) in [5, 5.41) is 9.39. The molecule has 0 aromatic heterocycles. The first-order valence-electron chi connectivity index (χ1n) is 13.3. The molecule has 0 bridgehead atoms. The lowest BCUT2D eigenvalue weighted by atomic mass is 9.69. The summed E-state index contributed by atoms with van der Waals surface area (Å²) in [7, 11) is 1.34. The maximum Gasteiger partial charge on any atom is 0.438 e. The molecule has 0 radical (unpaired) electrons. The minimum absolute atomic E-state index is 0.0473. The van der Waals surface area contributed by atoms with E-state index in [2.05, 4.69) is 6.07 Å². The standard InChI is InChI=1S/C33H32F6O3/c1-6-30(7-2,26-13-12-24(21(3)18-26)16-17-31(41,32(34,35)36)33(37,38)39)27-14-15-28(22(4)19-27)25-10-8-23(9-11-25)20-29(40)42-5/h8-15,18-19,41H,6-7,20H2,1-5H3. The summed E-state index contributed by atoms with van der Waals surface area (Å²) in [4.78, 5) is 11.6. The first-order chi connectivity index (χ1) is 19.5. The predicted molar refractivity (Wildman–Crippen MR) is 149 cm³/mol. The fraction of sp³-hybridized carbons (Fsp3) is 0.364. The number of carbonyl (C=O) groups is 1. The zero-order chi connectivity index (χ0) is 31.5. The first kappa shape index (κ1) is 32.7. The summed E-state index contributed by atoms with van der Waals surface area (Å²) < 4.78 is 83.1. The number of esters is 1. The monoisotopic (exact) mass is 590 g/mol. The van der Waals surface area contributed by atoms with E-state index in [1.54, 1.807) is 19.1 Å². The number of carbonyl (C=O) groups excluding carboxylic acids is 1. The molecule has 0 spiro atoms. The van der Waals surface area contributed by atoms with Gasteiger partial charge in [0.15, 0.2) is 0 Å². The predicted octanol–water partition coefficient (Wildman–Crippen LogP) is 8.00. The number of alkyl halides is 6. The highest BCUT2D eigenvalue weighted by Crippen LogP contribution is 2.43. The van der Waals surface area contributed by atoms with Crippen molar-refractivity contribution >= 4 is 5.97 Å². The van der Waals surface area contributed by atoms with Crippen LogP contribution in [0.4, 0.5) is 26.3 Å². The molecule has 0 aliphatic carbocycles. The topological polar surface area (TPSA) is 46.5 Å². The number of methoxy groups -OCH3 is 1. The minimum atomic E-state index is -6.01. The van der Waals surface area contributed by atoms with Gasteiger partial charge in [0.05, 0.1) is 13.5 Å². The molecule has 1 N–H and O–H groups in total. The van der Waals surface area contributed by atoms with Gasteiger partial charge in [-0.25, -0.2) is 0 Å². The molecule has 0 aliphatic heterocycles. The van der Waals surface area contributed by atoms with Gasteiger partial charge in [-0.05, 0) is 77.6 Å². The zero-order valence-electron chi connectivity index (χ0n) is 23.9. The average molecular weight is 591 g/mol. The van der Waals surface area contributed by atoms with Gasteiger partial charge in [-0.15, -0.1) is 0 Å². The maximum atomic E-state index is 13.1. The van der Waals surface area contributed by atoms with Crippen LogP contribution in [0.15, 0.2) is 60.7 Å². The Labute approximate surface area is 241 Å². The highest BCUT2D eigenvalue weighted by molar-refractivity contribution is 5.73. The highest BCUT2D eigenvalue weighted by atomic mass is 19.4. The van der Waals surface area contributed by atoms with Crippen LogP contribution in [0, 0.1) is 25.7 Å². The van der Waals surface area contributed by atoms with Gasteiger partial charge in [0.2, 0.25) is 0 Å². The van der Waals surface area contributed by atoms with Crippen molar-refractivity contribution in [3.63, 3.8) is 0 Å². The molecule has 0 fully saturated rings. The molecule has 3 aromatic carbocycles. The lowest BCUT2D eigenvalue weighted by molar-refractivity contribution is -0.343. The Hall–Kier alpha value is -3.77. The van der Waals surface area contributed by atoms with Crippen molar-refractivity contribution in [3.05, 3.63) is 94.0 Å². The Balaban J connectivity index is 1.99. The normalized spacial score (nSPS) is 12.5. The number of hydrogen-bond donors (Lipinski definition) is 1. The molecule has 224 valence electrons. The van der Waals surface area contributed by atoms with Crippen molar-refractivity contribution in [2.24, 2.45) is 0 Å². The van der Waals surface area contributed by atoms with E-state index < -0.39 is 23.4 Å². The maximum absolute atomic E-state index is 13.1. The third-order valence-corrected chi connectivity index (χ3v) is 7.80. The second-order valence-corrected chi connectivity index (χ2v) is 10.3. The lowest BCUT2D eigenvalue weighted by Gasteiger charge is -2.34. The average Bonchev–Trinajstić information content (AvgIpc) is 2.92. The van der Waals surface area contributed by atoms with Gasteiger partial charge in [-0.1, -0.05) is 74.4 Å². The number of aliphatic hydroxyl groups is 1. The third kappa shape index (κ3) is 6.34. The summed E-state index contributed by atoms with van der Waals surface area (Å²) in [6, 6.07) is 18.5. The molecule has 0 unspecified atom stereocenters. The number of rotatable bonds is 7. The first-order valence-corrected chi connectivity index (χ1v) is 13.3. The molecule has 0 atom stereocenters. The molecule has 0 amide bonds. The van der Waals surface area contributed by atoms with Crippen molar-refractivity contribution in [1.82, 2.24) is 0 Å². The lowest BCUT2D eigenvalue weighted by Crippen LogP contribution is -2.55. The molecule has 0 saturated carbocycles. The van der Waals surface area contributed by atoms with E-state index in [9.17, 15) is 36.2 Å². The number of hydrogen-bond acceptors (Lipinski definition) is 3. The van der Waals surface area contributed by atoms with E-state index in [4.69, 9.17) is 4.74 Å². The van der Waals surface area contributed by atoms with E-state index in [0.717, 1.165) is 39.3 Å². The van der Waals surface area contributed by atoms with Crippen LogP contribution in [0.2, 0.25) is 0 Å². The number of aryl methyl sites for hydroxylation is 2. The molecule has 3 nitrogen and oxygen atoms in total. The van der Waals surface area contributed by atoms with Crippen LogP contribution in [0.5, 0.6) is 0 Å². The van der Waals surface area contributed by atoms with Crippen molar-refractivity contribution in [1.29, 1.82) is 0 Å². The molecular weight excluding hydrogens is 558 g/mol. The smallest absolute Gasteiger partial charge is 0.438 e. The fourth-order valence-corrected chi connectivity index (χ4v) is 5.12. The van der Waals surface area contributed by atoms with Gasteiger partial charge in [-0.2, -0.15) is 26.3 Å². The highest BCUT2D eigenvalue weighted by Gasteiger charge is 2.70. The number of halogens is 6. The van der Waals surface area contributed by atoms with Crippen LogP contribution in [0.1, 0.15) is 60.1 Å². The van der Waals surface area contributed by atoms with E-state index >= 15 is 0 Å². The van der Waals surface area contributed by atoms with Crippen LogP contribution in [-0.2, 0) is 21.4 Å². The summed E-state index contributed by atoms with van der Waals surface area (Å²) in [5.41, 5.74) is 0.405. The SMILES string of the molecule is CCC(CC)(c1ccc(C#CC(O)(C(F)(F)F)C(F)(F)F)c(C)c1)c1ccc(-c2ccc(CC(=O)OC)cc2)c(C)c1. The molecule has 0 aliphatic rings. The Morgan fingerprint density at radius 3 is 1.79 bits per heavy atom. The Kier molecular flexibility index (Phi) is 9.53.